The van der Waals surface area contributed by atoms with Gasteiger partial charge in [-0.05, 0) is 18.2 Å². The fourth-order valence-corrected chi connectivity index (χ4v) is 1.82. The summed E-state index contributed by atoms with van der Waals surface area (Å²) in [6.45, 7) is 3.82. The minimum absolute atomic E-state index is 0.0314. The van der Waals surface area contributed by atoms with E-state index >= 15 is 0 Å². The Hall–Kier alpha value is -1.96. The highest BCUT2D eigenvalue weighted by atomic mass is 35.5. The van der Waals surface area contributed by atoms with E-state index in [4.69, 9.17) is 11.6 Å². The first-order valence-electron chi connectivity index (χ1n) is 7.46. The molecular formula is C16H20ClF3N2O3. The number of rotatable bonds is 6. The first-order chi connectivity index (χ1) is 11.4. The van der Waals surface area contributed by atoms with E-state index in [1.807, 2.05) is 0 Å². The van der Waals surface area contributed by atoms with Crippen molar-refractivity contribution in [1.29, 1.82) is 0 Å². The Morgan fingerprint density at radius 1 is 1.20 bits per heavy atom. The number of benzene rings is 1. The van der Waals surface area contributed by atoms with Crippen molar-refractivity contribution in [1.82, 2.24) is 5.32 Å². The molecule has 25 heavy (non-hydrogen) atoms. The molecule has 2 amide bonds. The van der Waals surface area contributed by atoms with E-state index in [9.17, 15) is 22.8 Å². The average molecular weight is 381 g/mol. The number of carbonyl (C=O) groups excluding carboxylic acids is 2. The van der Waals surface area contributed by atoms with E-state index in [2.05, 4.69) is 15.4 Å². The lowest BCUT2D eigenvalue weighted by molar-refractivity contribution is -0.153. The van der Waals surface area contributed by atoms with Crippen LogP contribution in [0.1, 0.15) is 27.2 Å². The lowest BCUT2D eigenvalue weighted by Crippen LogP contribution is -2.36. The van der Waals surface area contributed by atoms with Crippen LogP contribution in [0.25, 0.3) is 0 Å². The van der Waals surface area contributed by atoms with Gasteiger partial charge in [-0.3, -0.25) is 9.59 Å². The van der Waals surface area contributed by atoms with Gasteiger partial charge in [-0.25, -0.2) is 0 Å². The molecule has 140 valence electrons. The summed E-state index contributed by atoms with van der Waals surface area (Å²) in [6.07, 6.45) is -4.55. The van der Waals surface area contributed by atoms with Gasteiger partial charge in [-0.1, -0.05) is 32.4 Å². The molecular weight excluding hydrogens is 361 g/mol. The van der Waals surface area contributed by atoms with Gasteiger partial charge in [-0.15, -0.1) is 0 Å². The molecule has 0 unspecified atom stereocenters. The molecule has 0 bridgehead atoms. The van der Waals surface area contributed by atoms with Crippen LogP contribution < -0.4 is 15.4 Å². The minimum Gasteiger partial charge on any atom is -0.482 e. The number of anilines is 1. The van der Waals surface area contributed by atoms with Crippen molar-refractivity contribution in [3.63, 3.8) is 0 Å². The van der Waals surface area contributed by atoms with Crippen LogP contribution in [0.15, 0.2) is 18.2 Å². The number of hydrogen-bond donors (Lipinski definition) is 2. The normalized spacial score (nSPS) is 11.8. The number of nitrogens with one attached hydrogen (secondary N) is 2. The van der Waals surface area contributed by atoms with Crippen molar-refractivity contribution in [2.75, 3.05) is 18.5 Å². The van der Waals surface area contributed by atoms with Gasteiger partial charge < -0.3 is 15.4 Å². The molecule has 0 fully saturated rings. The van der Waals surface area contributed by atoms with Crippen molar-refractivity contribution in [3.05, 3.63) is 23.2 Å². The Morgan fingerprint density at radius 3 is 2.40 bits per heavy atom. The molecule has 0 atom stereocenters. The quantitative estimate of drug-likeness (QED) is 0.789. The van der Waals surface area contributed by atoms with E-state index in [1.165, 1.54) is 18.2 Å². The molecule has 9 heteroatoms. The lowest BCUT2D eigenvalue weighted by Gasteiger charge is -2.17. The Balaban J connectivity index is 2.64. The molecule has 0 aromatic heterocycles. The topological polar surface area (TPSA) is 67.4 Å². The summed E-state index contributed by atoms with van der Waals surface area (Å²) in [4.78, 5) is 23.6. The Morgan fingerprint density at radius 2 is 1.84 bits per heavy atom. The number of amides is 2. The second-order valence-corrected chi connectivity index (χ2v) is 6.78. The number of alkyl halides is 3. The number of hydrogen-bond acceptors (Lipinski definition) is 3. The van der Waals surface area contributed by atoms with Gasteiger partial charge in [-0.2, -0.15) is 13.2 Å². The molecule has 1 rings (SSSR count). The van der Waals surface area contributed by atoms with Gasteiger partial charge in [0.05, 0.1) is 5.69 Å². The van der Waals surface area contributed by atoms with Crippen LogP contribution in [0.4, 0.5) is 18.9 Å². The lowest BCUT2D eigenvalue weighted by atomic mass is 9.96. The van der Waals surface area contributed by atoms with Gasteiger partial charge >= 0.3 is 6.18 Å². The standard InChI is InChI=1S/C16H20ClF3N2O3/c1-15(2,3)14(24)21-7-6-13(23)22-11-8-10(17)4-5-12(11)25-9-16(18,19)20/h4-5,8H,6-7,9H2,1-3H3,(H,21,24)(H,22,23). The van der Waals surface area contributed by atoms with Crippen molar-refractivity contribution in [2.24, 2.45) is 5.41 Å². The SMILES string of the molecule is CC(C)(C)C(=O)NCCC(=O)Nc1cc(Cl)ccc1OCC(F)(F)F. The van der Waals surface area contributed by atoms with Crippen LogP contribution in [0.5, 0.6) is 5.75 Å². The fraction of sp³-hybridized carbons (Fsp3) is 0.500. The second kappa shape index (κ2) is 8.42. The summed E-state index contributed by atoms with van der Waals surface area (Å²) in [5, 5.41) is 5.27. The smallest absolute Gasteiger partial charge is 0.422 e. The molecule has 2 N–H and O–H groups in total. The van der Waals surface area contributed by atoms with E-state index in [0.717, 1.165) is 0 Å². The molecule has 1 aromatic carbocycles. The highest BCUT2D eigenvalue weighted by Crippen LogP contribution is 2.29. The molecule has 0 aliphatic carbocycles. The second-order valence-electron chi connectivity index (χ2n) is 6.35. The summed E-state index contributed by atoms with van der Waals surface area (Å²) >= 11 is 5.80. The maximum atomic E-state index is 12.3. The van der Waals surface area contributed by atoms with Crippen LogP contribution in [0.3, 0.4) is 0 Å². The first kappa shape index (κ1) is 21.1. The van der Waals surface area contributed by atoms with E-state index in [-0.39, 0.29) is 35.3 Å². The third kappa shape index (κ3) is 8.11. The zero-order valence-corrected chi connectivity index (χ0v) is 14.8. The number of halogens is 4. The third-order valence-corrected chi connectivity index (χ3v) is 3.16. The van der Waals surface area contributed by atoms with Crippen LogP contribution in [0.2, 0.25) is 5.02 Å². The molecule has 0 heterocycles. The van der Waals surface area contributed by atoms with Crippen LogP contribution >= 0.6 is 11.6 Å². The molecule has 0 saturated carbocycles. The third-order valence-electron chi connectivity index (χ3n) is 2.93. The maximum Gasteiger partial charge on any atom is 0.422 e. The Kier molecular flexibility index (Phi) is 7.10. The summed E-state index contributed by atoms with van der Waals surface area (Å²) < 4.78 is 41.5. The minimum atomic E-state index is -4.50. The number of carbonyl (C=O) groups is 2. The van der Waals surface area contributed by atoms with E-state index in [1.54, 1.807) is 20.8 Å². The van der Waals surface area contributed by atoms with Crippen molar-refractivity contribution in [3.8, 4) is 5.75 Å². The largest absolute Gasteiger partial charge is 0.482 e. The van der Waals surface area contributed by atoms with Gasteiger partial charge in [0.1, 0.15) is 5.75 Å². The zero-order valence-electron chi connectivity index (χ0n) is 14.1. The average Bonchev–Trinajstić information content (AvgIpc) is 2.44. The summed E-state index contributed by atoms with van der Waals surface area (Å²) in [6, 6.07) is 3.89. The van der Waals surface area contributed by atoms with Crippen LogP contribution in [-0.2, 0) is 9.59 Å². The predicted molar refractivity (Wildman–Crippen MR) is 88.7 cm³/mol. The van der Waals surface area contributed by atoms with Crippen molar-refractivity contribution >= 4 is 29.1 Å². The molecule has 1 aromatic rings. The highest BCUT2D eigenvalue weighted by molar-refractivity contribution is 6.31. The molecule has 5 nitrogen and oxygen atoms in total. The maximum absolute atomic E-state index is 12.3. The fourth-order valence-electron chi connectivity index (χ4n) is 1.65. The van der Waals surface area contributed by atoms with Gasteiger partial charge in [0.15, 0.2) is 6.61 Å². The Labute approximate surface area is 148 Å². The van der Waals surface area contributed by atoms with Gasteiger partial charge in [0, 0.05) is 23.4 Å². The monoisotopic (exact) mass is 380 g/mol. The van der Waals surface area contributed by atoms with Crippen LogP contribution in [-0.4, -0.2) is 31.1 Å². The molecule has 0 radical (unpaired) electrons. The van der Waals surface area contributed by atoms with Crippen molar-refractivity contribution in [2.45, 2.75) is 33.4 Å². The molecule has 0 aliphatic heterocycles. The summed E-state index contributed by atoms with van der Waals surface area (Å²) in [7, 11) is 0. The van der Waals surface area contributed by atoms with Crippen LogP contribution in [0, 0.1) is 5.41 Å². The summed E-state index contributed by atoms with van der Waals surface area (Å²) in [5.74, 6) is -0.848. The molecule has 0 spiro atoms. The molecule has 0 saturated heterocycles. The summed E-state index contributed by atoms with van der Waals surface area (Å²) in [5.41, 5.74) is -0.550. The zero-order chi connectivity index (χ0) is 19.3. The van der Waals surface area contributed by atoms with E-state index < -0.39 is 24.1 Å². The Bertz CT molecular complexity index is 628. The predicted octanol–water partition coefficient (Wildman–Crippen LogP) is 3.77. The first-order valence-corrected chi connectivity index (χ1v) is 7.83. The number of ether oxygens (including phenoxy) is 1. The van der Waals surface area contributed by atoms with Gasteiger partial charge in [0.2, 0.25) is 11.8 Å². The highest BCUT2D eigenvalue weighted by Gasteiger charge is 2.29. The molecule has 0 aliphatic rings. The van der Waals surface area contributed by atoms with Crippen molar-refractivity contribution < 1.29 is 27.5 Å². The van der Waals surface area contributed by atoms with E-state index in [0.29, 0.717) is 0 Å². The van der Waals surface area contributed by atoms with Gasteiger partial charge in [0.25, 0.3) is 0 Å².